The largest absolute Gasteiger partial charge is 0.489 e. The molecular formula is C45H36N4O4S2. The van der Waals surface area contributed by atoms with Crippen LogP contribution < -0.4 is 20.7 Å². The van der Waals surface area contributed by atoms with Crippen LogP contribution in [0.1, 0.15) is 37.9 Å². The average Bonchev–Trinajstić information content (AvgIpc) is 3.61. The van der Waals surface area contributed by atoms with Crippen molar-refractivity contribution in [2.24, 2.45) is 0 Å². The van der Waals surface area contributed by atoms with Crippen LogP contribution in [0.25, 0.3) is 16.3 Å². The highest BCUT2D eigenvalue weighted by Crippen LogP contribution is 2.38. The van der Waals surface area contributed by atoms with Crippen LogP contribution in [0.2, 0.25) is 0 Å². The average molecular weight is 761 g/mol. The Morgan fingerprint density at radius 2 is 1.47 bits per heavy atom. The molecular weight excluding hydrogens is 725 g/mol. The molecule has 0 bridgehead atoms. The van der Waals surface area contributed by atoms with Crippen molar-refractivity contribution in [2.45, 2.75) is 23.7 Å². The second-order valence-corrected chi connectivity index (χ2v) is 14.8. The van der Waals surface area contributed by atoms with E-state index in [1.807, 2.05) is 128 Å². The van der Waals surface area contributed by atoms with Gasteiger partial charge in [-0.1, -0.05) is 114 Å². The van der Waals surface area contributed by atoms with Gasteiger partial charge in [0.1, 0.15) is 23.3 Å². The summed E-state index contributed by atoms with van der Waals surface area (Å²) in [4.78, 5) is 46.3. The predicted molar refractivity (Wildman–Crippen MR) is 222 cm³/mol. The van der Waals surface area contributed by atoms with E-state index < -0.39 is 17.1 Å². The lowest BCUT2D eigenvalue weighted by molar-refractivity contribution is -0.116. The SMILES string of the molecule is Cc1ccc2nc(NC(=O)C(Sc3cccc(NC(=O)/C(=C/c4ccc(OCc5ccccc5)cc4)NC(=O)c4ccccc4)c3)c3ccccc3)sc2c1. The molecule has 1 atom stereocenters. The minimum absolute atomic E-state index is 0.0532. The van der Waals surface area contributed by atoms with Gasteiger partial charge in [-0.2, -0.15) is 0 Å². The smallest absolute Gasteiger partial charge is 0.272 e. The van der Waals surface area contributed by atoms with Gasteiger partial charge in [0.2, 0.25) is 5.91 Å². The Labute approximate surface area is 327 Å². The second kappa shape index (κ2) is 17.6. The van der Waals surface area contributed by atoms with Gasteiger partial charge in [-0.25, -0.2) is 4.98 Å². The Morgan fingerprint density at radius 3 is 2.22 bits per heavy atom. The third kappa shape index (κ3) is 9.94. The Bertz CT molecular complexity index is 2450. The molecule has 0 fully saturated rings. The molecule has 0 aliphatic carbocycles. The number of ether oxygens (including phenoxy) is 1. The van der Waals surface area contributed by atoms with Crippen molar-refractivity contribution >= 4 is 67.9 Å². The van der Waals surface area contributed by atoms with Gasteiger partial charge in [-0.3, -0.25) is 14.4 Å². The Balaban J connectivity index is 1.09. The Morgan fingerprint density at radius 1 is 0.764 bits per heavy atom. The van der Waals surface area contributed by atoms with Crippen molar-refractivity contribution in [1.29, 1.82) is 0 Å². The van der Waals surface area contributed by atoms with Crippen molar-refractivity contribution in [2.75, 3.05) is 10.6 Å². The molecule has 0 radical (unpaired) electrons. The molecule has 0 saturated carbocycles. The molecule has 7 aromatic rings. The number of thioether (sulfide) groups is 1. The molecule has 1 unspecified atom stereocenters. The van der Waals surface area contributed by atoms with Gasteiger partial charge in [0.15, 0.2) is 5.13 Å². The quantitative estimate of drug-likeness (QED) is 0.0798. The van der Waals surface area contributed by atoms with Crippen molar-refractivity contribution in [3.05, 3.63) is 191 Å². The van der Waals surface area contributed by atoms with Crippen LogP contribution in [-0.2, 0) is 16.2 Å². The highest BCUT2D eigenvalue weighted by molar-refractivity contribution is 8.00. The predicted octanol–water partition coefficient (Wildman–Crippen LogP) is 10.1. The number of amides is 3. The first-order chi connectivity index (χ1) is 26.9. The van der Waals surface area contributed by atoms with Crippen LogP contribution in [0.3, 0.4) is 0 Å². The molecule has 6 aromatic carbocycles. The van der Waals surface area contributed by atoms with E-state index in [1.165, 1.54) is 23.1 Å². The lowest BCUT2D eigenvalue weighted by Gasteiger charge is -2.17. The van der Waals surface area contributed by atoms with E-state index in [2.05, 4.69) is 27.0 Å². The van der Waals surface area contributed by atoms with Crippen LogP contribution in [0.5, 0.6) is 5.75 Å². The maximum atomic E-state index is 13.9. The number of hydrogen-bond donors (Lipinski definition) is 3. The number of hydrogen-bond acceptors (Lipinski definition) is 7. The summed E-state index contributed by atoms with van der Waals surface area (Å²) in [5.74, 6) is -0.479. The number of aryl methyl sites for hydroxylation is 1. The van der Waals surface area contributed by atoms with Gasteiger partial charge < -0.3 is 20.7 Å². The van der Waals surface area contributed by atoms with Gasteiger partial charge in [-0.05, 0) is 89.9 Å². The van der Waals surface area contributed by atoms with E-state index in [4.69, 9.17) is 4.74 Å². The van der Waals surface area contributed by atoms with Crippen LogP contribution in [0.4, 0.5) is 10.8 Å². The zero-order valence-corrected chi connectivity index (χ0v) is 31.4. The summed E-state index contributed by atoms with van der Waals surface area (Å²) in [6.07, 6.45) is 1.62. The minimum Gasteiger partial charge on any atom is -0.489 e. The fourth-order valence-electron chi connectivity index (χ4n) is 5.65. The fraction of sp³-hybridized carbons (Fsp3) is 0.0667. The van der Waals surface area contributed by atoms with Crippen molar-refractivity contribution < 1.29 is 19.1 Å². The third-order valence-electron chi connectivity index (χ3n) is 8.43. The molecule has 7 rings (SSSR count). The molecule has 55 heavy (non-hydrogen) atoms. The van der Waals surface area contributed by atoms with Crippen LogP contribution in [-0.4, -0.2) is 22.7 Å². The van der Waals surface area contributed by atoms with Crippen LogP contribution >= 0.6 is 23.1 Å². The first kappa shape index (κ1) is 36.9. The highest BCUT2D eigenvalue weighted by atomic mass is 32.2. The molecule has 3 N–H and O–H groups in total. The van der Waals surface area contributed by atoms with E-state index in [0.29, 0.717) is 34.3 Å². The summed E-state index contributed by atoms with van der Waals surface area (Å²) in [5, 5.41) is 8.68. The highest BCUT2D eigenvalue weighted by Gasteiger charge is 2.24. The number of anilines is 2. The van der Waals surface area contributed by atoms with Gasteiger partial charge in [0, 0.05) is 16.1 Å². The number of carbonyl (C=O) groups is 3. The summed E-state index contributed by atoms with van der Waals surface area (Å²) in [6, 6.07) is 48.7. The normalized spacial score (nSPS) is 11.8. The molecule has 0 aliphatic rings. The van der Waals surface area contributed by atoms with E-state index >= 15 is 0 Å². The van der Waals surface area contributed by atoms with E-state index in [-0.39, 0.29) is 11.6 Å². The number of thiazole rings is 1. The van der Waals surface area contributed by atoms with Crippen LogP contribution in [0, 0.1) is 6.92 Å². The summed E-state index contributed by atoms with van der Waals surface area (Å²) in [5.41, 5.74) is 5.47. The lowest BCUT2D eigenvalue weighted by Crippen LogP contribution is -2.30. The Kier molecular flexibility index (Phi) is 11.8. The monoisotopic (exact) mass is 760 g/mol. The molecule has 272 valence electrons. The summed E-state index contributed by atoms with van der Waals surface area (Å²) >= 11 is 2.79. The Hall–Kier alpha value is -6.49. The molecule has 3 amide bonds. The standard InChI is InChI=1S/C45H36N4O4S2/c1-30-20-25-38-40(26-30)55-45(48-38)49-44(52)41(33-14-7-3-8-15-33)54-37-19-11-18-35(28-37)46-43(51)39(47-42(50)34-16-9-4-10-17-34)27-31-21-23-36(24-22-31)53-29-32-12-5-2-6-13-32/h2-28,41H,29H2,1H3,(H,46,51)(H,47,50)(H,48,49,52)/b39-27-. The molecule has 0 saturated heterocycles. The minimum atomic E-state index is -0.610. The first-order valence-electron chi connectivity index (χ1n) is 17.5. The maximum Gasteiger partial charge on any atom is 0.272 e. The molecule has 8 nitrogen and oxygen atoms in total. The maximum absolute atomic E-state index is 13.9. The second-order valence-electron chi connectivity index (χ2n) is 12.6. The van der Waals surface area contributed by atoms with E-state index in [1.54, 1.807) is 36.4 Å². The summed E-state index contributed by atoms with van der Waals surface area (Å²) < 4.78 is 6.93. The first-order valence-corrected chi connectivity index (χ1v) is 19.2. The van der Waals surface area contributed by atoms with E-state index in [0.717, 1.165) is 31.8 Å². The topological polar surface area (TPSA) is 109 Å². The number of aromatic nitrogens is 1. The summed E-state index contributed by atoms with van der Waals surface area (Å²) in [6.45, 7) is 2.45. The number of nitrogens with one attached hydrogen (secondary N) is 3. The molecule has 0 aliphatic heterocycles. The number of nitrogens with zero attached hydrogens (tertiary/aromatic N) is 1. The van der Waals surface area contributed by atoms with Crippen molar-refractivity contribution in [3.8, 4) is 5.75 Å². The van der Waals surface area contributed by atoms with E-state index in [9.17, 15) is 14.4 Å². The molecule has 10 heteroatoms. The summed E-state index contributed by atoms with van der Waals surface area (Å²) in [7, 11) is 0. The fourth-order valence-corrected chi connectivity index (χ4v) is 7.70. The van der Waals surface area contributed by atoms with Gasteiger partial charge in [0.25, 0.3) is 11.8 Å². The number of rotatable bonds is 13. The van der Waals surface area contributed by atoms with Crippen molar-refractivity contribution in [3.63, 3.8) is 0 Å². The van der Waals surface area contributed by atoms with Gasteiger partial charge >= 0.3 is 0 Å². The van der Waals surface area contributed by atoms with Crippen molar-refractivity contribution in [1.82, 2.24) is 10.3 Å². The van der Waals surface area contributed by atoms with Gasteiger partial charge in [-0.15, -0.1) is 11.8 Å². The molecule has 1 heterocycles. The zero-order chi connectivity index (χ0) is 38.0. The van der Waals surface area contributed by atoms with Crippen LogP contribution in [0.15, 0.2) is 168 Å². The van der Waals surface area contributed by atoms with Gasteiger partial charge in [0.05, 0.1) is 10.2 Å². The number of fused-ring (bicyclic) bond motifs is 1. The number of benzene rings is 6. The lowest BCUT2D eigenvalue weighted by atomic mass is 10.1. The molecule has 1 aromatic heterocycles. The molecule has 0 spiro atoms. The number of carbonyl (C=O) groups excluding carboxylic acids is 3. The third-order valence-corrected chi connectivity index (χ3v) is 10.6. The zero-order valence-electron chi connectivity index (χ0n) is 29.8.